The summed E-state index contributed by atoms with van der Waals surface area (Å²) >= 11 is 0. The van der Waals surface area contributed by atoms with Crippen molar-refractivity contribution in [2.75, 3.05) is 12.3 Å². The van der Waals surface area contributed by atoms with E-state index < -0.39 is 11.8 Å². The highest BCUT2D eigenvalue weighted by Crippen LogP contribution is 2.29. The molecule has 1 aromatic rings. The van der Waals surface area contributed by atoms with Gasteiger partial charge in [0.1, 0.15) is 6.17 Å². The highest BCUT2D eigenvalue weighted by Gasteiger charge is 2.34. The van der Waals surface area contributed by atoms with Crippen LogP contribution < -0.4 is 5.73 Å². The van der Waals surface area contributed by atoms with Crippen LogP contribution in [0.3, 0.4) is 0 Å². The Balaban J connectivity index is 2.21. The predicted molar refractivity (Wildman–Crippen MR) is 76.2 cm³/mol. The van der Waals surface area contributed by atoms with Gasteiger partial charge in [-0.1, -0.05) is 6.92 Å². The van der Waals surface area contributed by atoms with E-state index in [1.165, 1.54) is 18.7 Å². The van der Waals surface area contributed by atoms with Crippen LogP contribution in [0.5, 0.6) is 0 Å². The zero-order valence-electron chi connectivity index (χ0n) is 12.1. The van der Waals surface area contributed by atoms with Gasteiger partial charge >= 0.3 is 0 Å². The van der Waals surface area contributed by atoms with Gasteiger partial charge < -0.3 is 15.7 Å². The third-order valence-corrected chi connectivity index (χ3v) is 3.77. The van der Waals surface area contributed by atoms with Crippen molar-refractivity contribution in [3.8, 4) is 0 Å². The molecule has 0 saturated carbocycles. The van der Waals surface area contributed by atoms with E-state index in [4.69, 9.17) is 5.73 Å². The van der Waals surface area contributed by atoms with Crippen LogP contribution in [0.25, 0.3) is 0 Å². The summed E-state index contributed by atoms with van der Waals surface area (Å²) in [5, 5.41) is 9.64. The number of benzene rings is 1. The van der Waals surface area contributed by atoms with Crippen molar-refractivity contribution in [1.82, 2.24) is 4.90 Å². The van der Waals surface area contributed by atoms with Crippen LogP contribution in [0.4, 0.5) is 10.1 Å². The number of fused-ring (bicyclic) bond motifs is 1. The molecule has 1 aliphatic rings. The number of amides is 1. The molecule has 1 heterocycles. The Hall–Kier alpha value is -1.62. The zero-order chi connectivity index (χ0) is 15.1. The number of carbonyl (C=O) groups excluding carboxylic acids is 1. The lowest BCUT2D eigenvalue weighted by Crippen LogP contribution is -2.42. The van der Waals surface area contributed by atoms with Crippen molar-refractivity contribution in [2.24, 2.45) is 0 Å². The molecule has 1 aliphatic heterocycles. The standard InChI is InChI=1S/C15H21FN2O2/c1-4-9-5-11-10(6-12(9)17)7-18(14(11)19)8-13(16)15(2,3)20/h5-6,13,20H,4,7-8,17H2,1-3H3/t13-/m1/s1. The first kappa shape index (κ1) is 14.8. The van der Waals surface area contributed by atoms with Crippen LogP contribution in [0, 0.1) is 0 Å². The quantitative estimate of drug-likeness (QED) is 0.828. The summed E-state index contributed by atoms with van der Waals surface area (Å²) in [4.78, 5) is 13.7. The lowest BCUT2D eigenvalue weighted by molar-refractivity contribution is -0.0159. The molecule has 0 aromatic heterocycles. The van der Waals surface area contributed by atoms with Crippen molar-refractivity contribution in [3.63, 3.8) is 0 Å². The van der Waals surface area contributed by atoms with Crippen LogP contribution in [-0.2, 0) is 13.0 Å². The van der Waals surface area contributed by atoms with Crippen molar-refractivity contribution < 1.29 is 14.3 Å². The third kappa shape index (κ3) is 2.63. The molecule has 20 heavy (non-hydrogen) atoms. The summed E-state index contributed by atoms with van der Waals surface area (Å²) in [6.07, 6.45) is -0.731. The average molecular weight is 280 g/mol. The first-order chi connectivity index (χ1) is 9.24. The molecule has 1 atom stereocenters. The van der Waals surface area contributed by atoms with Crippen LogP contribution in [-0.4, -0.2) is 34.2 Å². The number of nitrogens with two attached hydrogens (primary N) is 1. The Morgan fingerprint density at radius 1 is 1.50 bits per heavy atom. The van der Waals surface area contributed by atoms with Crippen molar-refractivity contribution in [3.05, 3.63) is 28.8 Å². The van der Waals surface area contributed by atoms with E-state index in [1.807, 2.05) is 6.92 Å². The minimum Gasteiger partial charge on any atom is -0.398 e. The molecule has 5 heteroatoms. The van der Waals surface area contributed by atoms with Gasteiger partial charge in [-0.2, -0.15) is 0 Å². The fourth-order valence-corrected chi connectivity index (χ4v) is 2.36. The summed E-state index contributed by atoms with van der Waals surface area (Å²) < 4.78 is 13.9. The monoisotopic (exact) mass is 280 g/mol. The van der Waals surface area contributed by atoms with Gasteiger partial charge in [0.15, 0.2) is 0 Å². The number of anilines is 1. The maximum Gasteiger partial charge on any atom is 0.254 e. The minimum atomic E-state index is -1.48. The molecule has 0 unspecified atom stereocenters. The van der Waals surface area contributed by atoms with E-state index in [0.29, 0.717) is 17.8 Å². The molecule has 4 nitrogen and oxygen atoms in total. The topological polar surface area (TPSA) is 66.6 Å². The molecule has 1 amide bonds. The largest absolute Gasteiger partial charge is 0.398 e. The first-order valence-electron chi connectivity index (χ1n) is 6.81. The highest BCUT2D eigenvalue weighted by molar-refractivity contribution is 5.99. The summed E-state index contributed by atoms with van der Waals surface area (Å²) in [5.41, 5.74) is 7.48. The summed E-state index contributed by atoms with van der Waals surface area (Å²) in [6.45, 7) is 5.01. The predicted octanol–water partition coefficient (Wildman–Crippen LogP) is 1.90. The first-order valence-corrected chi connectivity index (χ1v) is 6.81. The SMILES string of the molecule is CCc1cc2c(cc1N)CN(C[C@@H](F)C(C)(C)O)C2=O. The molecule has 3 N–H and O–H groups in total. The number of carbonyl (C=O) groups is 1. The Kier molecular flexibility index (Phi) is 3.73. The second-order valence-electron chi connectivity index (χ2n) is 5.87. The van der Waals surface area contributed by atoms with Gasteiger partial charge in [-0.3, -0.25) is 4.79 Å². The van der Waals surface area contributed by atoms with Gasteiger partial charge in [-0.05, 0) is 43.5 Å². The fraction of sp³-hybridized carbons (Fsp3) is 0.533. The van der Waals surface area contributed by atoms with Crippen molar-refractivity contribution in [2.45, 2.75) is 45.5 Å². The van der Waals surface area contributed by atoms with E-state index in [0.717, 1.165) is 17.5 Å². The maximum atomic E-state index is 13.9. The van der Waals surface area contributed by atoms with Gasteiger partial charge in [0, 0.05) is 17.8 Å². The second kappa shape index (κ2) is 5.05. The summed E-state index contributed by atoms with van der Waals surface area (Å²) in [6, 6.07) is 3.59. The molecular formula is C15H21FN2O2. The highest BCUT2D eigenvalue weighted by atomic mass is 19.1. The number of nitrogen functional groups attached to an aromatic ring is 1. The molecule has 0 saturated heterocycles. The number of hydrogen-bond acceptors (Lipinski definition) is 3. The maximum absolute atomic E-state index is 13.9. The number of alkyl halides is 1. The fourth-order valence-electron chi connectivity index (χ4n) is 2.36. The summed E-state index contributed by atoms with van der Waals surface area (Å²) in [5.74, 6) is -0.193. The van der Waals surface area contributed by atoms with Crippen molar-refractivity contribution in [1.29, 1.82) is 0 Å². The van der Waals surface area contributed by atoms with Crippen LogP contribution in [0.2, 0.25) is 0 Å². The molecule has 1 aromatic carbocycles. The number of aryl methyl sites for hydroxylation is 1. The molecule has 0 aliphatic carbocycles. The Morgan fingerprint density at radius 3 is 2.70 bits per heavy atom. The van der Waals surface area contributed by atoms with E-state index in [-0.39, 0.29) is 12.5 Å². The van der Waals surface area contributed by atoms with Crippen molar-refractivity contribution >= 4 is 11.6 Å². The van der Waals surface area contributed by atoms with E-state index in [9.17, 15) is 14.3 Å². The van der Waals surface area contributed by atoms with Gasteiger partial charge in [0.2, 0.25) is 0 Å². The number of aliphatic hydroxyl groups is 1. The number of halogens is 1. The Bertz CT molecular complexity index is 537. The van der Waals surface area contributed by atoms with Crippen LogP contribution in [0.15, 0.2) is 12.1 Å². The molecule has 110 valence electrons. The van der Waals surface area contributed by atoms with Gasteiger partial charge in [0.25, 0.3) is 5.91 Å². The molecule has 2 rings (SSSR count). The van der Waals surface area contributed by atoms with Crippen LogP contribution in [0.1, 0.15) is 42.3 Å². The van der Waals surface area contributed by atoms with Gasteiger partial charge in [0.05, 0.1) is 12.1 Å². The third-order valence-electron chi connectivity index (χ3n) is 3.77. The smallest absolute Gasteiger partial charge is 0.254 e. The molecule has 0 spiro atoms. The lowest BCUT2D eigenvalue weighted by atomic mass is 10.0. The van der Waals surface area contributed by atoms with Crippen LogP contribution >= 0.6 is 0 Å². The van der Waals surface area contributed by atoms with Gasteiger partial charge in [-0.15, -0.1) is 0 Å². The summed E-state index contributed by atoms with van der Waals surface area (Å²) in [7, 11) is 0. The van der Waals surface area contributed by atoms with E-state index in [2.05, 4.69) is 0 Å². The molecule has 0 bridgehead atoms. The number of rotatable bonds is 4. The molecule has 0 fully saturated rings. The number of nitrogens with zero attached hydrogens (tertiary/aromatic N) is 1. The normalized spacial score (nSPS) is 16.4. The molecular weight excluding hydrogens is 259 g/mol. The Morgan fingerprint density at radius 2 is 2.15 bits per heavy atom. The molecule has 0 radical (unpaired) electrons. The minimum absolute atomic E-state index is 0.113. The average Bonchev–Trinajstić information content (AvgIpc) is 2.63. The lowest BCUT2D eigenvalue weighted by Gasteiger charge is -2.26. The van der Waals surface area contributed by atoms with E-state index >= 15 is 0 Å². The zero-order valence-corrected chi connectivity index (χ0v) is 12.1. The van der Waals surface area contributed by atoms with Gasteiger partial charge in [-0.25, -0.2) is 4.39 Å². The Labute approximate surface area is 118 Å². The number of hydrogen-bond donors (Lipinski definition) is 2. The van der Waals surface area contributed by atoms with E-state index in [1.54, 1.807) is 12.1 Å². The second-order valence-corrected chi connectivity index (χ2v) is 5.87.